The van der Waals surface area contributed by atoms with E-state index < -0.39 is 0 Å². The van der Waals surface area contributed by atoms with Gasteiger partial charge in [-0.3, -0.25) is 4.90 Å². The Balaban J connectivity index is 1.37. The first-order chi connectivity index (χ1) is 10.3. The van der Waals surface area contributed by atoms with Gasteiger partial charge in [0.1, 0.15) is 6.29 Å². The standard InChI is InChI=1S/C18H32N2O/c21-15-17-6-8-18(9-7-17)20-12-10-19(11-13-20)14-16-4-2-1-3-5-16/h15-18H,1-14H2. The van der Waals surface area contributed by atoms with Crippen molar-refractivity contribution in [3.8, 4) is 0 Å². The molecule has 3 nitrogen and oxygen atoms in total. The van der Waals surface area contributed by atoms with E-state index in [1.165, 1.54) is 84.0 Å². The van der Waals surface area contributed by atoms with Gasteiger partial charge < -0.3 is 9.69 Å². The maximum Gasteiger partial charge on any atom is 0.123 e. The molecule has 21 heavy (non-hydrogen) atoms. The van der Waals surface area contributed by atoms with Crippen LogP contribution < -0.4 is 0 Å². The Morgan fingerprint density at radius 1 is 0.810 bits per heavy atom. The maximum atomic E-state index is 10.9. The molecule has 3 rings (SSSR count). The predicted octanol–water partition coefficient (Wildman–Crippen LogP) is 2.94. The summed E-state index contributed by atoms with van der Waals surface area (Å²) in [7, 11) is 0. The Bertz CT molecular complexity index is 311. The number of hydrogen-bond acceptors (Lipinski definition) is 3. The fourth-order valence-corrected chi connectivity index (χ4v) is 4.65. The molecule has 0 atom stereocenters. The summed E-state index contributed by atoms with van der Waals surface area (Å²) >= 11 is 0. The Morgan fingerprint density at radius 2 is 1.48 bits per heavy atom. The molecular weight excluding hydrogens is 260 g/mol. The molecule has 2 saturated carbocycles. The molecule has 0 N–H and O–H groups in total. The lowest BCUT2D eigenvalue weighted by atomic mass is 9.86. The van der Waals surface area contributed by atoms with Gasteiger partial charge in [-0.2, -0.15) is 0 Å². The maximum absolute atomic E-state index is 10.9. The summed E-state index contributed by atoms with van der Waals surface area (Å²) in [6.07, 6.45) is 13.2. The topological polar surface area (TPSA) is 23.6 Å². The van der Waals surface area contributed by atoms with Gasteiger partial charge in [0, 0.05) is 44.7 Å². The van der Waals surface area contributed by atoms with E-state index in [1.54, 1.807) is 0 Å². The molecule has 1 aliphatic heterocycles. The lowest BCUT2D eigenvalue weighted by Crippen LogP contribution is -2.52. The Kier molecular flexibility index (Phi) is 5.70. The molecule has 0 spiro atoms. The average molecular weight is 292 g/mol. The molecule has 3 fully saturated rings. The minimum absolute atomic E-state index is 0.355. The number of nitrogens with zero attached hydrogens (tertiary/aromatic N) is 2. The molecule has 0 aromatic carbocycles. The molecule has 0 unspecified atom stereocenters. The van der Waals surface area contributed by atoms with Crippen LogP contribution in [-0.2, 0) is 4.79 Å². The summed E-state index contributed by atoms with van der Waals surface area (Å²) in [5, 5.41) is 0. The van der Waals surface area contributed by atoms with Crippen molar-refractivity contribution in [1.82, 2.24) is 9.80 Å². The van der Waals surface area contributed by atoms with Crippen molar-refractivity contribution in [2.24, 2.45) is 11.8 Å². The van der Waals surface area contributed by atoms with Gasteiger partial charge >= 0.3 is 0 Å². The SMILES string of the molecule is O=CC1CCC(N2CCN(CC3CCCCC3)CC2)CC1. The smallest absolute Gasteiger partial charge is 0.123 e. The predicted molar refractivity (Wildman–Crippen MR) is 86.4 cm³/mol. The highest BCUT2D eigenvalue weighted by Gasteiger charge is 2.28. The van der Waals surface area contributed by atoms with Gasteiger partial charge in [0.15, 0.2) is 0 Å². The van der Waals surface area contributed by atoms with E-state index in [1.807, 2.05) is 0 Å². The summed E-state index contributed by atoms with van der Waals surface area (Å²) in [5.41, 5.74) is 0. The fourth-order valence-electron chi connectivity index (χ4n) is 4.65. The highest BCUT2D eigenvalue weighted by molar-refractivity contribution is 5.53. The van der Waals surface area contributed by atoms with Crippen LogP contribution in [0.1, 0.15) is 57.8 Å². The van der Waals surface area contributed by atoms with Crippen LogP contribution in [-0.4, -0.2) is 54.9 Å². The van der Waals surface area contributed by atoms with Crippen LogP contribution in [0, 0.1) is 11.8 Å². The first kappa shape index (κ1) is 15.5. The highest BCUT2D eigenvalue weighted by Crippen LogP contribution is 2.28. The van der Waals surface area contributed by atoms with Gasteiger partial charge in [0.05, 0.1) is 0 Å². The third-order valence-electron chi connectivity index (χ3n) is 6.10. The van der Waals surface area contributed by atoms with E-state index in [2.05, 4.69) is 9.80 Å². The number of aldehydes is 1. The molecule has 0 aromatic heterocycles. The third-order valence-corrected chi connectivity index (χ3v) is 6.10. The quantitative estimate of drug-likeness (QED) is 0.744. The molecular formula is C18H32N2O. The summed E-state index contributed by atoms with van der Waals surface area (Å²) in [4.78, 5) is 16.3. The van der Waals surface area contributed by atoms with Gasteiger partial charge in [-0.05, 0) is 44.4 Å². The van der Waals surface area contributed by atoms with Crippen molar-refractivity contribution in [3.63, 3.8) is 0 Å². The lowest BCUT2D eigenvalue weighted by Gasteiger charge is -2.42. The second-order valence-electron chi connectivity index (χ2n) is 7.55. The highest BCUT2D eigenvalue weighted by atomic mass is 16.1. The molecule has 2 aliphatic carbocycles. The molecule has 0 radical (unpaired) electrons. The van der Waals surface area contributed by atoms with E-state index in [-0.39, 0.29) is 0 Å². The minimum atomic E-state index is 0.355. The van der Waals surface area contributed by atoms with Crippen molar-refractivity contribution < 1.29 is 4.79 Å². The Labute approximate surface area is 130 Å². The fraction of sp³-hybridized carbons (Fsp3) is 0.944. The van der Waals surface area contributed by atoms with Crippen LogP contribution >= 0.6 is 0 Å². The number of carbonyl (C=O) groups excluding carboxylic acids is 1. The molecule has 3 heteroatoms. The number of rotatable bonds is 4. The minimum Gasteiger partial charge on any atom is -0.303 e. The van der Waals surface area contributed by atoms with E-state index >= 15 is 0 Å². The van der Waals surface area contributed by atoms with Crippen LogP contribution in [0.25, 0.3) is 0 Å². The van der Waals surface area contributed by atoms with Crippen molar-refractivity contribution in [2.45, 2.75) is 63.8 Å². The summed E-state index contributed by atoms with van der Waals surface area (Å²) in [6, 6.07) is 0.762. The first-order valence-electron chi connectivity index (χ1n) is 9.27. The van der Waals surface area contributed by atoms with Crippen molar-refractivity contribution in [1.29, 1.82) is 0 Å². The van der Waals surface area contributed by atoms with Gasteiger partial charge in [0.2, 0.25) is 0 Å². The molecule has 0 aromatic rings. The zero-order chi connectivity index (χ0) is 14.5. The molecule has 1 heterocycles. The average Bonchev–Trinajstić information content (AvgIpc) is 2.57. The zero-order valence-corrected chi connectivity index (χ0v) is 13.5. The molecule has 1 saturated heterocycles. The van der Waals surface area contributed by atoms with Crippen LogP contribution in [0.5, 0.6) is 0 Å². The summed E-state index contributed by atoms with van der Waals surface area (Å²) < 4.78 is 0. The van der Waals surface area contributed by atoms with E-state index in [9.17, 15) is 4.79 Å². The summed E-state index contributed by atoms with van der Waals surface area (Å²) in [5.74, 6) is 1.34. The normalized spacial score (nSPS) is 33.9. The van der Waals surface area contributed by atoms with Crippen LogP contribution in [0.2, 0.25) is 0 Å². The molecule has 0 amide bonds. The van der Waals surface area contributed by atoms with E-state index in [4.69, 9.17) is 0 Å². The third kappa shape index (κ3) is 4.29. The Hall–Kier alpha value is -0.410. The van der Waals surface area contributed by atoms with Crippen molar-refractivity contribution >= 4 is 6.29 Å². The van der Waals surface area contributed by atoms with Crippen LogP contribution in [0.4, 0.5) is 0 Å². The summed E-state index contributed by atoms with van der Waals surface area (Å²) in [6.45, 7) is 6.40. The van der Waals surface area contributed by atoms with Gasteiger partial charge in [-0.25, -0.2) is 0 Å². The van der Waals surface area contributed by atoms with E-state index in [0.717, 1.165) is 24.8 Å². The van der Waals surface area contributed by atoms with Gasteiger partial charge in [-0.15, -0.1) is 0 Å². The van der Waals surface area contributed by atoms with Crippen LogP contribution in [0.15, 0.2) is 0 Å². The molecule has 120 valence electrons. The molecule has 3 aliphatic rings. The van der Waals surface area contributed by atoms with Crippen molar-refractivity contribution in [2.75, 3.05) is 32.7 Å². The van der Waals surface area contributed by atoms with Crippen molar-refractivity contribution in [3.05, 3.63) is 0 Å². The second kappa shape index (κ2) is 7.73. The molecule has 0 bridgehead atoms. The van der Waals surface area contributed by atoms with Gasteiger partial charge in [0.25, 0.3) is 0 Å². The number of piperazine rings is 1. The number of carbonyl (C=O) groups is 1. The zero-order valence-electron chi connectivity index (χ0n) is 13.5. The number of hydrogen-bond donors (Lipinski definition) is 0. The van der Waals surface area contributed by atoms with E-state index in [0.29, 0.717) is 5.92 Å². The first-order valence-corrected chi connectivity index (χ1v) is 9.27. The monoisotopic (exact) mass is 292 g/mol. The largest absolute Gasteiger partial charge is 0.303 e. The van der Waals surface area contributed by atoms with Gasteiger partial charge in [-0.1, -0.05) is 19.3 Å². The Morgan fingerprint density at radius 3 is 2.10 bits per heavy atom. The van der Waals surface area contributed by atoms with Crippen LogP contribution in [0.3, 0.4) is 0 Å². The second-order valence-corrected chi connectivity index (χ2v) is 7.55. The lowest BCUT2D eigenvalue weighted by molar-refractivity contribution is -0.112.